The Morgan fingerprint density at radius 1 is 0.970 bits per heavy atom. The first kappa shape index (κ1) is 47.8. The highest BCUT2D eigenvalue weighted by molar-refractivity contribution is 6.03. The maximum Gasteiger partial charge on any atom is 0.410 e. The third kappa shape index (κ3) is 10.3. The summed E-state index contributed by atoms with van der Waals surface area (Å²) < 4.78 is 38.5. The molecule has 7 atom stereocenters. The summed E-state index contributed by atoms with van der Waals surface area (Å²) in [5.41, 5.74) is 3.75. The number of aliphatic hydroxyl groups excluding tert-OH is 2. The first-order chi connectivity index (χ1) is 32.9. The van der Waals surface area contributed by atoms with Crippen LogP contribution in [-0.4, -0.2) is 91.5 Å². The Morgan fingerprint density at radius 3 is 2.52 bits per heavy atom. The number of oxime groups is 1. The van der Waals surface area contributed by atoms with Gasteiger partial charge in [0.05, 0.1) is 50.7 Å². The Labute approximate surface area is 393 Å². The van der Waals surface area contributed by atoms with Crippen molar-refractivity contribution in [1.82, 2.24) is 4.90 Å². The van der Waals surface area contributed by atoms with E-state index in [2.05, 4.69) is 30.9 Å². The van der Waals surface area contributed by atoms with Crippen molar-refractivity contribution in [3.63, 3.8) is 0 Å². The van der Waals surface area contributed by atoms with Gasteiger partial charge in [-0.2, -0.15) is 0 Å². The monoisotopic (exact) mass is 916 g/mol. The maximum absolute atomic E-state index is 14.8. The van der Waals surface area contributed by atoms with Crippen molar-refractivity contribution in [2.75, 3.05) is 40.1 Å². The molecule has 0 bridgehead atoms. The minimum Gasteiger partial charge on any atom is -0.496 e. The van der Waals surface area contributed by atoms with E-state index in [1.165, 1.54) is 7.11 Å². The number of nitrogens with zero attached hydrogens (tertiary/aromatic N) is 2. The highest BCUT2D eigenvalue weighted by atomic mass is 16.8. The Hall–Kier alpha value is -5.73. The summed E-state index contributed by atoms with van der Waals surface area (Å²) in [6, 6.07) is 24.3. The lowest BCUT2D eigenvalue weighted by atomic mass is 9.55. The lowest BCUT2D eigenvalue weighted by molar-refractivity contribution is -0.256. The van der Waals surface area contributed by atoms with E-state index >= 15 is 0 Å². The van der Waals surface area contributed by atoms with Crippen LogP contribution < -0.4 is 14.2 Å². The molecule has 1 saturated heterocycles. The smallest absolute Gasteiger partial charge is 0.410 e. The third-order valence-corrected chi connectivity index (χ3v) is 13.7. The summed E-state index contributed by atoms with van der Waals surface area (Å²) in [5, 5.41) is 27.1. The number of rotatable bonds is 21. The second kappa shape index (κ2) is 22.4. The van der Waals surface area contributed by atoms with Crippen molar-refractivity contribution >= 4 is 28.9 Å². The largest absolute Gasteiger partial charge is 0.496 e. The molecule has 4 aromatic carbocycles. The number of ether oxygens (including phenoxy) is 6. The van der Waals surface area contributed by atoms with E-state index in [0.29, 0.717) is 60.1 Å². The molecule has 13 heteroatoms. The van der Waals surface area contributed by atoms with Crippen LogP contribution in [0.5, 0.6) is 23.0 Å². The maximum atomic E-state index is 14.8. The number of unbranched alkanes of at least 4 members (excludes halogenated alkanes) is 2. The van der Waals surface area contributed by atoms with Crippen LogP contribution in [0.25, 0.3) is 10.8 Å². The molecule has 2 fully saturated rings. The number of aldehydes is 1. The van der Waals surface area contributed by atoms with Gasteiger partial charge in [-0.1, -0.05) is 72.6 Å². The fraction of sp³-hybridized carbons (Fsp3) is 0.463. The summed E-state index contributed by atoms with van der Waals surface area (Å²) in [6.07, 6.45) is 10.9. The van der Waals surface area contributed by atoms with Crippen molar-refractivity contribution in [3.8, 4) is 23.0 Å². The molecule has 2 aliphatic carbocycles. The first-order valence-electron chi connectivity index (χ1n) is 23.9. The van der Waals surface area contributed by atoms with Gasteiger partial charge in [-0.25, -0.2) is 4.79 Å². The highest BCUT2D eigenvalue weighted by Crippen LogP contribution is 2.62. The third-order valence-electron chi connectivity index (χ3n) is 13.7. The number of carbonyl (C=O) groups excluding carboxylic acids is 2. The van der Waals surface area contributed by atoms with Crippen LogP contribution in [0.15, 0.2) is 108 Å². The number of amides is 1. The molecule has 0 radical (unpaired) electrons. The van der Waals surface area contributed by atoms with Gasteiger partial charge in [0, 0.05) is 37.5 Å². The van der Waals surface area contributed by atoms with E-state index < -0.39 is 30.1 Å². The van der Waals surface area contributed by atoms with E-state index in [1.807, 2.05) is 42.5 Å². The minimum absolute atomic E-state index is 0.0112. The number of allylic oxidation sites excluding steroid dienone is 1. The SMILES string of the molecule is C=CCO[C@@]12Oc3ccc(Oc4ccc(OC)c(C=O)c4)cc3[C@H]3[C@H](CCCCO)[C@@H](CCCCO)C=C(C(=NOC4CCCCO4)C[C@@H]1N(Cc1cccc4ccccc14)C(=O)OCC)[C@H]32. The number of fused-ring (bicyclic) bond motifs is 3. The number of hydrogen-bond donors (Lipinski definition) is 2. The number of carbonyl (C=O) groups is 2. The molecule has 4 aromatic rings. The molecule has 4 aliphatic rings. The summed E-state index contributed by atoms with van der Waals surface area (Å²) in [5.74, 6) is -0.320. The zero-order valence-corrected chi connectivity index (χ0v) is 38.7. The second-order valence-electron chi connectivity index (χ2n) is 17.8. The first-order valence-corrected chi connectivity index (χ1v) is 23.9. The van der Waals surface area contributed by atoms with E-state index in [-0.39, 0.29) is 57.1 Å². The summed E-state index contributed by atoms with van der Waals surface area (Å²) in [7, 11) is 1.52. The number of methoxy groups -OCH3 is 1. The molecule has 2 heterocycles. The summed E-state index contributed by atoms with van der Waals surface area (Å²) in [6.45, 7) is 7.04. The fourth-order valence-electron chi connectivity index (χ4n) is 10.8. The number of benzene rings is 4. The van der Waals surface area contributed by atoms with Crippen LogP contribution in [0.3, 0.4) is 0 Å². The van der Waals surface area contributed by atoms with Crippen LogP contribution in [0, 0.1) is 17.8 Å². The fourth-order valence-corrected chi connectivity index (χ4v) is 10.8. The van der Waals surface area contributed by atoms with Crippen LogP contribution in [0.4, 0.5) is 4.79 Å². The summed E-state index contributed by atoms with van der Waals surface area (Å²) in [4.78, 5) is 34.9. The second-order valence-corrected chi connectivity index (χ2v) is 17.8. The van der Waals surface area contributed by atoms with Gasteiger partial charge in [0.25, 0.3) is 0 Å². The quantitative estimate of drug-likeness (QED) is 0.0355. The van der Waals surface area contributed by atoms with Crippen LogP contribution in [0.1, 0.15) is 98.5 Å². The highest BCUT2D eigenvalue weighted by Gasteiger charge is 2.66. The van der Waals surface area contributed by atoms with Gasteiger partial charge >= 0.3 is 6.09 Å². The van der Waals surface area contributed by atoms with Crippen molar-refractivity contribution < 1.29 is 53.1 Å². The molecular formula is C54H64N2O11. The van der Waals surface area contributed by atoms with E-state index in [9.17, 15) is 19.8 Å². The predicted octanol–water partition coefficient (Wildman–Crippen LogP) is 10.3. The van der Waals surface area contributed by atoms with Gasteiger partial charge in [-0.15, -0.1) is 6.58 Å². The van der Waals surface area contributed by atoms with E-state index in [4.69, 9.17) is 38.4 Å². The van der Waals surface area contributed by atoms with E-state index in [0.717, 1.165) is 72.3 Å². The molecule has 8 rings (SSSR count). The molecule has 13 nitrogen and oxygen atoms in total. The van der Waals surface area contributed by atoms with Crippen molar-refractivity contribution in [2.24, 2.45) is 22.9 Å². The lowest BCUT2D eigenvalue weighted by Gasteiger charge is -2.60. The zero-order chi connectivity index (χ0) is 46.8. The summed E-state index contributed by atoms with van der Waals surface area (Å²) >= 11 is 0. The average Bonchev–Trinajstić information content (AvgIpc) is 3.36. The standard InChI is InChI=1S/C54H64N2O11/c1-4-28-64-54-49(56(53(60)62-5-2)34-38-18-14-17-36-15-6-7-19-42(36)38)33-46(55-67-50-21-10-13-29-63-50)44-31-37(16-8-11-26-57)43(20-9-12-27-58)51(52(44)54)45-32-41(23-25-48(45)66-54)65-40-22-24-47(61-3)39(30-40)35-59/h4,6-7,14-15,17-19,22-25,30-32,35,37,43,49-52,57-58H,1,5,8-13,16,20-21,26-29,33-34H2,2-3H3/t37-,43+,49-,50?,51+,52+,54+/m0/s1. The normalized spacial score (nSPS) is 24.7. The van der Waals surface area contributed by atoms with Gasteiger partial charge in [-0.05, 0) is 116 Å². The zero-order valence-electron chi connectivity index (χ0n) is 38.7. The van der Waals surface area contributed by atoms with Gasteiger partial charge in [0.15, 0.2) is 6.29 Å². The molecule has 2 aliphatic heterocycles. The van der Waals surface area contributed by atoms with Gasteiger partial charge in [-0.3, -0.25) is 9.69 Å². The van der Waals surface area contributed by atoms with Crippen LogP contribution >= 0.6 is 0 Å². The molecular weight excluding hydrogens is 853 g/mol. The molecule has 356 valence electrons. The lowest BCUT2D eigenvalue weighted by Crippen LogP contribution is -2.70. The average molecular weight is 917 g/mol. The van der Waals surface area contributed by atoms with Crippen molar-refractivity contribution in [3.05, 3.63) is 120 Å². The Bertz CT molecular complexity index is 2410. The Morgan fingerprint density at radius 2 is 1.76 bits per heavy atom. The van der Waals surface area contributed by atoms with Crippen molar-refractivity contribution in [1.29, 1.82) is 0 Å². The molecule has 1 amide bonds. The van der Waals surface area contributed by atoms with E-state index in [1.54, 1.807) is 36.1 Å². The molecule has 67 heavy (non-hydrogen) atoms. The van der Waals surface area contributed by atoms with Crippen LogP contribution in [0.2, 0.25) is 0 Å². The Kier molecular flexibility index (Phi) is 15.9. The number of aliphatic hydroxyl groups is 2. The minimum atomic E-state index is -1.50. The molecule has 0 spiro atoms. The van der Waals surface area contributed by atoms with Crippen molar-refractivity contribution in [2.45, 2.75) is 102 Å². The van der Waals surface area contributed by atoms with Gasteiger partial charge in [0.1, 0.15) is 29.0 Å². The Balaban J connectivity index is 1.35. The molecule has 0 aromatic heterocycles. The predicted molar refractivity (Wildman–Crippen MR) is 255 cm³/mol. The molecule has 1 unspecified atom stereocenters. The van der Waals surface area contributed by atoms with Crippen LogP contribution in [-0.2, 0) is 25.6 Å². The van der Waals surface area contributed by atoms with Gasteiger partial charge < -0.3 is 43.5 Å². The van der Waals surface area contributed by atoms with Gasteiger partial charge in [0.2, 0.25) is 12.1 Å². The molecule has 2 N–H and O–H groups in total. The molecule has 1 saturated carbocycles. The number of hydrogen-bond acceptors (Lipinski definition) is 12. The topological polar surface area (TPSA) is 155 Å².